The van der Waals surface area contributed by atoms with Gasteiger partial charge >= 0.3 is 0 Å². The van der Waals surface area contributed by atoms with Crippen LogP contribution in [0.4, 0.5) is 5.82 Å². The summed E-state index contributed by atoms with van der Waals surface area (Å²) >= 11 is 0. The van der Waals surface area contributed by atoms with Gasteiger partial charge in [-0.15, -0.1) is 0 Å². The molecule has 1 aliphatic heterocycles. The second-order valence-electron chi connectivity index (χ2n) is 9.82. The molecule has 35 heavy (non-hydrogen) atoms. The van der Waals surface area contributed by atoms with E-state index in [4.69, 9.17) is 14.8 Å². The van der Waals surface area contributed by atoms with Crippen molar-refractivity contribution in [2.24, 2.45) is 18.4 Å². The van der Waals surface area contributed by atoms with E-state index in [1.54, 1.807) is 4.68 Å². The summed E-state index contributed by atoms with van der Waals surface area (Å²) in [5, 5.41) is 11.1. The Balaban J connectivity index is 1.35. The molecular formula is C26H25N7O2. The van der Waals surface area contributed by atoms with E-state index in [9.17, 15) is 4.79 Å². The van der Waals surface area contributed by atoms with Crippen molar-refractivity contribution in [1.29, 1.82) is 0 Å². The molecule has 1 aromatic carbocycles. The molecule has 4 heterocycles. The molecule has 1 amide bonds. The molecule has 9 heteroatoms. The fourth-order valence-corrected chi connectivity index (χ4v) is 5.11. The molecule has 9 nitrogen and oxygen atoms in total. The Morgan fingerprint density at radius 1 is 1.20 bits per heavy atom. The SMILES string of the molecule is Cn1cc(-c2ncnc3cc(OC4CC4)c(NC(=O)C45CNCC4C5)nc23)c(-c2ccccc2)n1. The number of benzene rings is 1. The number of aryl methyl sites for hydroxylation is 1. The van der Waals surface area contributed by atoms with Crippen LogP contribution in [0.3, 0.4) is 0 Å². The number of fused-ring (bicyclic) bond motifs is 2. The first-order chi connectivity index (χ1) is 17.1. The number of carbonyl (C=O) groups excluding carboxylic acids is 1. The number of nitrogens with zero attached hydrogens (tertiary/aromatic N) is 5. The zero-order valence-electron chi connectivity index (χ0n) is 19.4. The summed E-state index contributed by atoms with van der Waals surface area (Å²) in [4.78, 5) is 27.3. The number of ether oxygens (including phenoxy) is 1. The van der Waals surface area contributed by atoms with Gasteiger partial charge in [-0.25, -0.2) is 15.0 Å². The summed E-state index contributed by atoms with van der Waals surface area (Å²) in [6.07, 6.45) is 6.57. The third-order valence-corrected chi connectivity index (χ3v) is 7.27. The third-order valence-electron chi connectivity index (χ3n) is 7.27. The number of nitrogens with one attached hydrogen (secondary N) is 2. The number of piperidine rings is 1. The van der Waals surface area contributed by atoms with E-state index in [0.29, 0.717) is 40.8 Å². The van der Waals surface area contributed by atoms with E-state index < -0.39 is 0 Å². The molecule has 4 aromatic rings. The van der Waals surface area contributed by atoms with Gasteiger partial charge in [0.15, 0.2) is 11.6 Å². The molecule has 2 atom stereocenters. The summed E-state index contributed by atoms with van der Waals surface area (Å²) in [5.74, 6) is 1.40. The van der Waals surface area contributed by atoms with Gasteiger partial charge in [-0.1, -0.05) is 30.3 Å². The number of pyridine rings is 1. The van der Waals surface area contributed by atoms with E-state index in [1.165, 1.54) is 6.33 Å². The molecule has 0 bridgehead atoms. The number of rotatable bonds is 6. The van der Waals surface area contributed by atoms with Gasteiger partial charge in [0.25, 0.3) is 0 Å². The van der Waals surface area contributed by atoms with Crippen LogP contribution in [0.5, 0.6) is 5.75 Å². The second kappa shape index (κ2) is 7.58. The molecule has 2 N–H and O–H groups in total. The first-order valence-electron chi connectivity index (χ1n) is 12.0. The summed E-state index contributed by atoms with van der Waals surface area (Å²) < 4.78 is 7.92. The average Bonchev–Trinajstić information content (AvgIpc) is 3.75. The Kier molecular flexibility index (Phi) is 4.44. The van der Waals surface area contributed by atoms with Gasteiger partial charge in [-0.05, 0) is 31.7 Å². The van der Waals surface area contributed by atoms with Gasteiger partial charge in [0, 0.05) is 37.0 Å². The first-order valence-corrected chi connectivity index (χ1v) is 12.0. The van der Waals surface area contributed by atoms with Gasteiger partial charge in [0.2, 0.25) is 5.91 Å². The number of aromatic nitrogens is 5. The fraction of sp³-hybridized carbons (Fsp3) is 0.346. The molecule has 3 fully saturated rings. The summed E-state index contributed by atoms with van der Waals surface area (Å²) in [7, 11) is 1.89. The molecule has 2 aliphatic carbocycles. The molecule has 3 aromatic heterocycles. The van der Waals surface area contributed by atoms with Crippen LogP contribution in [0, 0.1) is 11.3 Å². The van der Waals surface area contributed by atoms with Gasteiger partial charge in [0.1, 0.15) is 23.2 Å². The predicted molar refractivity (Wildman–Crippen MR) is 131 cm³/mol. The van der Waals surface area contributed by atoms with Gasteiger partial charge in [-0.3, -0.25) is 9.48 Å². The zero-order chi connectivity index (χ0) is 23.6. The highest BCUT2D eigenvalue weighted by atomic mass is 16.5. The quantitative estimate of drug-likeness (QED) is 0.449. The van der Waals surface area contributed by atoms with Crippen LogP contribution in [0.25, 0.3) is 33.5 Å². The molecule has 0 radical (unpaired) electrons. The van der Waals surface area contributed by atoms with Crippen LogP contribution < -0.4 is 15.4 Å². The molecule has 2 unspecified atom stereocenters. The van der Waals surface area contributed by atoms with Gasteiger partial charge < -0.3 is 15.4 Å². The van der Waals surface area contributed by atoms with Crippen molar-refractivity contribution in [3.05, 3.63) is 48.9 Å². The Morgan fingerprint density at radius 2 is 2.06 bits per heavy atom. The van der Waals surface area contributed by atoms with E-state index >= 15 is 0 Å². The molecule has 7 rings (SSSR count). The van der Waals surface area contributed by atoms with Crippen molar-refractivity contribution >= 4 is 22.8 Å². The van der Waals surface area contributed by atoms with E-state index in [-0.39, 0.29) is 17.4 Å². The highest BCUT2D eigenvalue weighted by Crippen LogP contribution is 2.55. The van der Waals surface area contributed by atoms with E-state index in [0.717, 1.165) is 42.6 Å². The minimum atomic E-state index is -0.326. The lowest BCUT2D eigenvalue weighted by Crippen LogP contribution is -2.30. The molecule has 2 saturated carbocycles. The smallest absolute Gasteiger partial charge is 0.233 e. The van der Waals surface area contributed by atoms with Crippen molar-refractivity contribution in [2.75, 3.05) is 18.4 Å². The van der Waals surface area contributed by atoms with Crippen LogP contribution >= 0.6 is 0 Å². The highest BCUT2D eigenvalue weighted by molar-refractivity contribution is 6.01. The van der Waals surface area contributed by atoms with E-state index in [2.05, 4.69) is 20.6 Å². The van der Waals surface area contributed by atoms with Gasteiger partial charge in [-0.2, -0.15) is 5.10 Å². The van der Waals surface area contributed by atoms with Crippen molar-refractivity contribution in [3.63, 3.8) is 0 Å². The summed E-state index contributed by atoms with van der Waals surface area (Å²) in [6, 6.07) is 11.9. The van der Waals surface area contributed by atoms with Crippen LogP contribution in [0.2, 0.25) is 0 Å². The second-order valence-corrected chi connectivity index (χ2v) is 9.82. The summed E-state index contributed by atoms with van der Waals surface area (Å²) in [6.45, 7) is 1.60. The first kappa shape index (κ1) is 20.5. The number of anilines is 1. The maximum atomic E-state index is 13.3. The molecule has 176 valence electrons. The zero-order valence-corrected chi connectivity index (χ0v) is 19.4. The topological polar surface area (TPSA) is 107 Å². The molecular weight excluding hydrogens is 442 g/mol. The largest absolute Gasteiger partial charge is 0.486 e. The normalized spacial score (nSPS) is 22.7. The van der Waals surface area contributed by atoms with Crippen LogP contribution in [0.15, 0.2) is 48.9 Å². The molecule has 1 saturated heterocycles. The van der Waals surface area contributed by atoms with Crippen molar-refractivity contribution < 1.29 is 9.53 Å². The van der Waals surface area contributed by atoms with Crippen LogP contribution in [0.1, 0.15) is 19.3 Å². The predicted octanol–water partition coefficient (Wildman–Crippen LogP) is 3.18. The van der Waals surface area contributed by atoms with Gasteiger partial charge in [0.05, 0.1) is 17.0 Å². The Bertz CT molecular complexity index is 1460. The summed E-state index contributed by atoms with van der Waals surface area (Å²) in [5.41, 5.74) is 4.27. The molecule has 0 spiro atoms. The lowest BCUT2D eigenvalue weighted by Gasteiger charge is -2.16. The third kappa shape index (κ3) is 3.46. The Labute approximate surface area is 202 Å². The maximum absolute atomic E-state index is 13.3. The molecule has 3 aliphatic rings. The van der Waals surface area contributed by atoms with E-state index in [1.807, 2.05) is 49.6 Å². The highest BCUT2D eigenvalue weighted by Gasteiger charge is 2.62. The lowest BCUT2D eigenvalue weighted by atomic mass is 10.0. The number of amides is 1. The maximum Gasteiger partial charge on any atom is 0.233 e. The monoisotopic (exact) mass is 467 g/mol. The Hall–Kier alpha value is -3.85. The standard InChI is InChI=1S/C26H25N7O2/c1-33-12-18(21(32-33)15-5-3-2-4-6-15)22-23-19(28-14-29-22)9-20(35-17-7-8-17)24(30-23)31-25(34)26-10-16(26)11-27-13-26/h2-6,9,12,14,16-17,27H,7-8,10-11,13H2,1H3,(H,30,31,34). The average molecular weight is 468 g/mol. The number of hydrogen-bond acceptors (Lipinski definition) is 7. The van der Waals surface area contributed by atoms with Crippen LogP contribution in [-0.4, -0.2) is 49.8 Å². The fourth-order valence-electron chi connectivity index (χ4n) is 5.11. The van der Waals surface area contributed by atoms with Crippen molar-refractivity contribution in [1.82, 2.24) is 30.0 Å². The van der Waals surface area contributed by atoms with Crippen molar-refractivity contribution in [3.8, 4) is 28.3 Å². The lowest BCUT2D eigenvalue weighted by molar-refractivity contribution is -0.121. The number of hydrogen-bond donors (Lipinski definition) is 2. The number of carbonyl (C=O) groups is 1. The Morgan fingerprint density at radius 3 is 2.80 bits per heavy atom. The minimum Gasteiger partial charge on any atom is -0.486 e. The van der Waals surface area contributed by atoms with Crippen LogP contribution in [-0.2, 0) is 11.8 Å². The van der Waals surface area contributed by atoms with Crippen molar-refractivity contribution in [2.45, 2.75) is 25.4 Å². The minimum absolute atomic E-state index is 0.00440.